The molecule has 0 bridgehead atoms. The summed E-state index contributed by atoms with van der Waals surface area (Å²) in [6.07, 6.45) is 1.99. The van der Waals surface area contributed by atoms with E-state index in [9.17, 15) is 9.59 Å². The zero-order valence-corrected chi connectivity index (χ0v) is 21.0. The monoisotopic (exact) mass is 486 g/mol. The summed E-state index contributed by atoms with van der Waals surface area (Å²) in [7, 11) is 1.65. The minimum Gasteiger partial charge on any atom is -0.497 e. The summed E-state index contributed by atoms with van der Waals surface area (Å²) in [5.41, 5.74) is 3.47. The highest BCUT2D eigenvalue weighted by molar-refractivity contribution is 5.75. The average molecular weight is 487 g/mol. The molecule has 36 heavy (non-hydrogen) atoms. The average Bonchev–Trinajstić information content (AvgIpc) is 3.45. The van der Waals surface area contributed by atoms with Gasteiger partial charge in [-0.05, 0) is 74.7 Å². The molecule has 1 amide bonds. The van der Waals surface area contributed by atoms with Gasteiger partial charge in [0.05, 0.1) is 24.4 Å². The first-order valence-corrected chi connectivity index (χ1v) is 12.1. The molecule has 0 N–H and O–H groups in total. The van der Waals surface area contributed by atoms with Crippen LogP contribution in [0, 0.1) is 0 Å². The number of methoxy groups -OCH3 is 1. The Labute approximate surface area is 209 Å². The lowest BCUT2D eigenvalue weighted by Gasteiger charge is -2.24. The fraction of sp³-hybridized carbons (Fsp3) is 0.321. The molecule has 2 aromatic carbocycles. The van der Waals surface area contributed by atoms with Gasteiger partial charge in [-0.15, -0.1) is 0 Å². The van der Waals surface area contributed by atoms with Crippen molar-refractivity contribution in [1.29, 1.82) is 0 Å². The molecule has 8 heteroatoms. The molecule has 3 heterocycles. The fourth-order valence-corrected chi connectivity index (χ4v) is 4.66. The lowest BCUT2D eigenvalue weighted by Crippen LogP contribution is -2.36. The SMILES string of the molecule is COc1ccc(-c2ccc(-n3c(=O)n([C@H]4CCN(C(=O)OC(C)(C)C)C4)c4ncccc43)cc2)cc1. The highest BCUT2D eigenvalue weighted by Gasteiger charge is 2.33. The second-order valence-electron chi connectivity index (χ2n) is 9.98. The zero-order chi connectivity index (χ0) is 25.4. The van der Waals surface area contributed by atoms with Gasteiger partial charge in [-0.1, -0.05) is 24.3 Å². The zero-order valence-electron chi connectivity index (χ0n) is 21.0. The smallest absolute Gasteiger partial charge is 0.410 e. The molecule has 4 aromatic rings. The lowest BCUT2D eigenvalue weighted by atomic mass is 10.1. The predicted octanol–water partition coefficient (Wildman–Crippen LogP) is 5.04. The van der Waals surface area contributed by atoms with Gasteiger partial charge in [0.1, 0.15) is 11.4 Å². The van der Waals surface area contributed by atoms with E-state index in [1.54, 1.807) is 27.3 Å². The van der Waals surface area contributed by atoms with Gasteiger partial charge in [-0.3, -0.25) is 9.13 Å². The van der Waals surface area contributed by atoms with Crippen molar-refractivity contribution in [3.63, 3.8) is 0 Å². The summed E-state index contributed by atoms with van der Waals surface area (Å²) in [5, 5.41) is 0. The molecule has 0 spiro atoms. The normalized spacial score (nSPS) is 15.9. The number of imidazole rings is 1. The minimum atomic E-state index is -0.568. The van der Waals surface area contributed by atoms with Crippen LogP contribution in [0.2, 0.25) is 0 Å². The van der Waals surface area contributed by atoms with Crippen LogP contribution in [-0.4, -0.2) is 50.9 Å². The van der Waals surface area contributed by atoms with Crippen molar-refractivity contribution in [3.8, 4) is 22.6 Å². The number of rotatable bonds is 4. The van der Waals surface area contributed by atoms with Crippen molar-refractivity contribution >= 4 is 17.3 Å². The van der Waals surface area contributed by atoms with Gasteiger partial charge in [0.2, 0.25) is 0 Å². The standard InChI is InChI=1S/C28H30N4O4/c1-28(2,3)36-27(34)30-17-15-22(18-30)32-25-24(6-5-16-29-25)31(26(32)33)21-11-7-19(8-12-21)20-9-13-23(35-4)14-10-20/h5-14,16,22H,15,17-18H2,1-4H3/t22-/m0/s1. The Hall–Kier alpha value is -4.07. The van der Waals surface area contributed by atoms with Crippen LogP contribution in [0.5, 0.6) is 5.75 Å². The predicted molar refractivity (Wildman–Crippen MR) is 139 cm³/mol. The molecule has 0 radical (unpaired) electrons. The Morgan fingerprint density at radius 3 is 2.31 bits per heavy atom. The molecule has 8 nitrogen and oxygen atoms in total. The number of fused-ring (bicyclic) bond motifs is 1. The van der Waals surface area contributed by atoms with E-state index in [1.807, 2.05) is 81.4 Å². The third kappa shape index (κ3) is 4.46. The van der Waals surface area contributed by atoms with Crippen molar-refractivity contribution in [2.75, 3.05) is 20.2 Å². The molecule has 1 aliphatic heterocycles. The van der Waals surface area contributed by atoms with Crippen LogP contribution in [0.3, 0.4) is 0 Å². The summed E-state index contributed by atoms with van der Waals surface area (Å²) in [5.74, 6) is 0.805. The van der Waals surface area contributed by atoms with E-state index in [0.29, 0.717) is 25.2 Å². The summed E-state index contributed by atoms with van der Waals surface area (Å²) < 4.78 is 14.2. The van der Waals surface area contributed by atoms with Crippen molar-refractivity contribution in [2.24, 2.45) is 0 Å². The van der Waals surface area contributed by atoms with Crippen LogP contribution in [0.1, 0.15) is 33.2 Å². The van der Waals surface area contributed by atoms with E-state index in [2.05, 4.69) is 4.98 Å². The van der Waals surface area contributed by atoms with Crippen LogP contribution >= 0.6 is 0 Å². The Balaban J connectivity index is 1.47. The molecule has 5 rings (SSSR count). The van der Waals surface area contributed by atoms with E-state index < -0.39 is 5.60 Å². The number of carbonyl (C=O) groups is 1. The van der Waals surface area contributed by atoms with Crippen LogP contribution in [0.25, 0.3) is 28.0 Å². The summed E-state index contributed by atoms with van der Waals surface area (Å²) in [6.45, 7) is 6.48. The number of carbonyl (C=O) groups excluding carboxylic acids is 1. The highest BCUT2D eigenvalue weighted by Crippen LogP contribution is 2.28. The number of amides is 1. The third-order valence-corrected chi connectivity index (χ3v) is 6.36. The van der Waals surface area contributed by atoms with Gasteiger partial charge in [-0.2, -0.15) is 0 Å². The topological polar surface area (TPSA) is 78.6 Å². The number of pyridine rings is 1. The second-order valence-corrected chi connectivity index (χ2v) is 9.98. The van der Waals surface area contributed by atoms with Gasteiger partial charge in [0.15, 0.2) is 5.65 Å². The maximum absolute atomic E-state index is 13.7. The lowest BCUT2D eigenvalue weighted by molar-refractivity contribution is 0.0289. The quantitative estimate of drug-likeness (QED) is 0.404. The largest absolute Gasteiger partial charge is 0.497 e. The molecule has 1 aliphatic rings. The molecule has 1 atom stereocenters. The molecule has 0 saturated carbocycles. The van der Waals surface area contributed by atoms with Crippen LogP contribution in [-0.2, 0) is 4.74 Å². The van der Waals surface area contributed by atoms with Crippen molar-refractivity contribution in [2.45, 2.75) is 38.8 Å². The Morgan fingerprint density at radius 2 is 1.67 bits per heavy atom. The molecule has 186 valence electrons. The van der Waals surface area contributed by atoms with Gasteiger partial charge in [-0.25, -0.2) is 14.6 Å². The van der Waals surface area contributed by atoms with Crippen molar-refractivity contribution < 1.29 is 14.3 Å². The Kier molecular flexibility index (Phi) is 6.04. The summed E-state index contributed by atoms with van der Waals surface area (Å²) in [4.78, 5) is 32.5. The first kappa shape index (κ1) is 23.7. The van der Waals surface area contributed by atoms with Crippen LogP contribution in [0.15, 0.2) is 71.7 Å². The first-order chi connectivity index (χ1) is 17.2. The minimum absolute atomic E-state index is 0.170. The van der Waals surface area contributed by atoms with Gasteiger partial charge in [0.25, 0.3) is 0 Å². The van der Waals surface area contributed by atoms with E-state index in [1.165, 1.54) is 0 Å². The summed E-state index contributed by atoms with van der Waals surface area (Å²) >= 11 is 0. The van der Waals surface area contributed by atoms with Crippen molar-refractivity contribution in [3.05, 3.63) is 77.3 Å². The molecule has 2 aromatic heterocycles. The van der Waals surface area contributed by atoms with Crippen molar-refractivity contribution in [1.82, 2.24) is 19.0 Å². The van der Waals surface area contributed by atoms with E-state index >= 15 is 0 Å². The number of hydrogen-bond donors (Lipinski definition) is 0. The Morgan fingerprint density at radius 1 is 1.00 bits per heavy atom. The number of likely N-dealkylation sites (tertiary alicyclic amines) is 1. The molecule has 0 unspecified atom stereocenters. The van der Waals surface area contributed by atoms with E-state index in [4.69, 9.17) is 9.47 Å². The Bertz CT molecular complexity index is 1450. The number of nitrogens with zero attached hydrogens (tertiary/aromatic N) is 4. The molecular formula is C28H30N4O4. The van der Waals surface area contributed by atoms with Gasteiger partial charge in [0, 0.05) is 19.3 Å². The number of benzene rings is 2. The highest BCUT2D eigenvalue weighted by atomic mass is 16.6. The van der Waals surface area contributed by atoms with Crippen LogP contribution < -0.4 is 10.4 Å². The van der Waals surface area contributed by atoms with Crippen LogP contribution in [0.4, 0.5) is 4.79 Å². The maximum Gasteiger partial charge on any atom is 0.410 e. The van der Waals surface area contributed by atoms with E-state index in [0.717, 1.165) is 28.1 Å². The molecule has 0 aliphatic carbocycles. The fourth-order valence-electron chi connectivity index (χ4n) is 4.66. The third-order valence-electron chi connectivity index (χ3n) is 6.36. The first-order valence-electron chi connectivity index (χ1n) is 12.1. The van der Waals surface area contributed by atoms with Gasteiger partial charge >= 0.3 is 11.8 Å². The molecule has 1 fully saturated rings. The number of hydrogen-bond acceptors (Lipinski definition) is 5. The van der Waals surface area contributed by atoms with E-state index in [-0.39, 0.29) is 17.8 Å². The molecular weight excluding hydrogens is 456 g/mol. The maximum atomic E-state index is 13.7. The molecule has 1 saturated heterocycles. The number of aromatic nitrogens is 3. The number of ether oxygens (including phenoxy) is 2. The van der Waals surface area contributed by atoms with Gasteiger partial charge < -0.3 is 14.4 Å². The second kappa shape index (κ2) is 9.18. The summed E-state index contributed by atoms with van der Waals surface area (Å²) in [6, 6.07) is 19.3.